The predicted molar refractivity (Wildman–Crippen MR) is 97.9 cm³/mol. The monoisotopic (exact) mass is 360 g/mol. The fourth-order valence-electron chi connectivity index (χ4n) is 2.21. The summed E-state index contributed by atoms with van der Waals surface area (Å²) in [5.41, 5.74) is 0.815. The Labute approximate surface area is 147 Å². The summed E-state index contributed by atoms with van der Waals surface area (Å²) in [5.74, 6) is 0.221. The third kappa shape index (κ3) is 13.3. The van der Waals surface area contributed by atoms with Gasteiger partial charge < -0.3 is 8.92 Å². The SMILES string of the molecule is CCCCCCCCc1ccccc1OS(=O)(=O)O.CCOCC. The second-order valence-electron chi connectivity index (χ2n) is 5.42. The van der Waals surface area contributed by atoms with Gasteiger partial charge in [0.05, 0.1) is 0 Å². The van der Waals surface area contributed by atoms with Crippen molar-refractivity contribution in [1.82, 2.24) is 0 Å². The second-order valence-corrected chi connectivity index (χ2v) is 6.44. The van der Waals surface area contributed by atoms with Crippen LogP contribution in [0.2, 0.25) is 0 Å². The average molecular weight is 361 g/mol. The zero-order valence-electron chi connectivity index (χ0n) is 15.2. The quantitative estimate of drug-likeness (QED) is 0.453. The van der Waals surface area contributed by atoms with Crippen LogP contribution < -0.4 is 4.18 Å². The van der Waals surface area contributed by atoms with Crippen LogP contribution in [-0.4, -0.2) is 26.2 Å². The normalized spacial score (nSPS) is 10.8. The van der Waals surface area contributed by atoms with E-state index in [9.17, 15) is 8.42 Å². The van der Waals surface area contributed by atoms with E-state index in [1.165, 1.54) is 25.7 Å². The van der Waals surface area contributed by atoms with Gasteiger partial charge in [-0.3, -0.25) is 4.55 Å². The fraction of sp³-hybridized carbons (Fsp3) is 0.667. The zero-order valence-corrected chi connectivity index (χ0v) is 16.0. The van der Waals surface area contributed by atoms with E-state index in [2.05, 4.69) is 11.1 Å². The van der Waals surface area contributed by atoms with Gasteiger partial charge in [-0.15, -0.1) is 0 Å². The smallest absolute Gasteiger partial charge is 0.382 e. The highest BCUT2D eigenvalue weighted by molar-refractivity contribution is 7.81. The maximum Gasteiger partial charge on any atom is 0.446 e. The minimum absolute atomic E-state index is 0.221. The molecule has 0 atom stereocenters. The van der Waals surface area contributed by atoms with Crippen LogP contribution in [0, 0.1) is 0 Å². The van der Waals surface area contributed by atoms with Crippen molar-refractivity contribution >= 4 is 10.4 Å². The molecule has 0 fully saturated rings. The molecule has 1 aromatic carbocycles. The van der Waals surface area contributed by atoms with Crippen LogP contribution in [-0.2, 0) is 21.6 Å². The molecule has 1 rings (SSSR count). The van der Waals surface area contributed by atoms with E-state index in [1.807, 2.05) is 26.0 Å². The molecule has 0 aromatic heterocycles. The van der Waals surface area contributed by atoms with Crippen molar-refractivity contribution in [3.05, 3.63) is 29.8 Å². The van der Waals surface area contributed by atoms with Gasteiger partial charge in [0, 0.05) is 13.2 Å². The van der Waals surface area contributed by atoms with E-state index in [0.29, 0.717) is 0 Å². The molecule has 5 nitrogen and oxygen atoms in total. The highest BCUT2D eigenvalue weighted by Gasteiger charge is 2.10. The van der Waals surface area contributed by atoms with Crippen molar-refractivity contribution in [3.63, 3.8) is 0 Å². The number of hydrogen-bond acceptors (Lipinski definition) is 4. The van der Waals surface area contributed by atoms with E-state index < -0.39 is 10.4 Å². The van der Waals surface area contributed by atoms with Crippen LogP contribution in [0.4, 0.5) is 0 Å². The average Bonchev–Trinajstić information content (AvgIpc) is 2.52. The molecule has 0 aliphatic rings. The minimum Gasteiger partial charge on any atom is -0.382 e. The van der Waals surface area contributed by atoms with Gasteiger partial charge >= 0.3 is 10.4 Å². The highest BCUT2D eigenvalue weighted by Crippen LogP contribution is 2.22. The molecule has 0 amide bonds. The maximum atomic E-state index is 10.7. The van der Waals surface area contributed by atoms with Gasteiger partial charge in [0.15, 0.2) is 0 Å². The maximum absolute atomic E-state index is 10.7. The van der Waals surface area contributed by atoms with Crippen molar-refractivity contribution < 1.29 is 21.9 Å². The van der Waals surface area contributed by atoms with E-state index in [4.69, 9.17) is 9.29 Å². The Morgan fingerprint density at radius 1 is 0.917 bits per heavy atom. The predicted octanol–water partition coefficient (Wildman–Crippen LogP) is 4.81. The summed E-state index contributed by atoms with van der Waals surface area (Å²) in [5, 5.41) is 0. The lowest BCUT2D eigenvalue weighted by molar-refractivity contribution is 0.162. The first kappa shape index (κ1) is 22.9. The molecule has 0 radical (unpaired) electrons. The Bertz CT molecular complexity index is 512. The van der Waals surface area contributed by atoms with Crippen LogP contribution in [0.3, 0.4) is 0 Å². The zero-order chi connectivity index (χ0) is 18.3. The molecule has 1 N–H and O–H groups in total. The molecule has 0 unspecified atom stereocenters. The first-order valence-electron chi connectivity index (χ1n) is 8.77. The van der Waals surface area contributed by atoms with Gasteiger partial charge in [-0.2, -0.15) is 8.42 Å². The highest BCUT2D eigenvalue weighted by atomic mass is 32.3. The van der Waals surface area contributed by atoms with Crippen molar-refractivity contribution in [2.24, 2.45) is 0 Å². The lowest BCUT2D eigenvalue weighted by Crippen LogP contribution is -2.08. The third-order valence-corrected chi connectivity index (χ3v) is 3.77. The number of unbranched alkanes of at least 4 members (excludes halogenated alkanes) is 5. The van der Waals surface area contributed by atoms with Crippen molar-refractivity contribution in [3.8, 4) is 5.75 Å². The Balaban J connectivity index is 0.000000922. The molecule has 0 spiro atoms. The van der Waals surface area contributed by atoms with Crippen molar-refractivity contribution in [2.45, 2.75) is 65.7 Å². The van der Waals surface area contributed by atoms with Gasteiger partial charge in [-0.05, 0) is 38.3 Å². The molecule has 1 aromatic rings. The molecule has 0 heterocycles. The topological polar surface area (TPSA) is 72.8 Å². The van der Waals surface area contributed by atoms with Crippen LogP contribution in [0.25, 0.3) is 0 Å². The summed E-state index contributed by atoms with van der Waals surface area (Å²) in [7, 11) is -4.44. The lowest BCUT2D eigenvalue weighted by Gasteiger charge is -2.08. The molecular formula is C18H32O5S. The molecule has 6 heteroatoms. The second kappa shape index (κ2) is 14.3. The largest absolute Gasteiger partial charge is 0.446 e. The Morgan fingerprint density at radius 3 is 2.04 bits per heavy atom. The van der Waals surface area contributed by atoms with E-state index in [-0.39, 0.29) is 5.75 Å². The van der Waals surface area contributed by atoms with Gasteiger partial charge in [-0.25, -0.2) is 0 Å². The number of para-hydroxylation sites is 1. The van der Waals surface area contributed by atoms with Crippen LogP contribution >= 0.6 is 0 Å². The molecule has 0 aliphatic heterocycles. The number of ether oxygens (including phenoxy) is 1. The molecule has 0 bridgehead atoms. The summed E-state index contributed by atoms with van der Waals surface area (Å²) in [6.07, 6.45) is 7.83. The molecule has 24 heavy (non-hydrogen) atoms. The number of hydrogen-bond donors (Lipinski definition) is 1. The van der Waals surface area contributed by atoms with Gasteiger partial charge in [0.2, 0.25) is 0 Å². The lowest BCUT2D eigenvalue weighted by atomic mass is 10.0. The number of benzene rings is 1. The Morgan fingerprint density at radius 2 is 1.50 bits per heavy atom. The Hall–Kier alpha value is -1.11. The first-order chi connectivity index (χ1) is 11.4. The summed E-state index contributed by atoms with van der Waals surface area (Å²) < 4.78 is 39.6. The molecular weight excluding hydrogens is 328 g/mol. The van der Waals surface area contributed by atoms with Gasteiger partial charge in [0.25, 0.3) is 0 Å². The molecule has 0 saturated carbocycles. The minimum atomic E-state index is -4.44. The van der Waals surface area contributed by atoms with Crippen LogP contribution in [0.15, 0.2) is 24.3 Å². The van der Waals surface area contributed by atoms with Gasteiger partial charge in [0.1, 0.15) is 5.75 Å². The van der Waals surface area contributed by atoms with Crippen LogP contribution in [0.1, 0.15) is 64.9 Å². The first-order valence-corrected chi connectivity index (χ1v) is 10.1. The van der Waals surface area contributed by atoms with E-state index in [0.717, 1.165) is 38.0 Å². The van der Waals surface area contributed by atoms with Crippen molar-refractivity contribution in [2.75, 3.05) is 13.2 Å². The summed E-state index contributed by atoms with van der Waals surface area (Å²) in [6.45, 7) is 7.85. The van der Waals surface area contributed by atoms with Gasteiger partial charge in [-0.1, -0.05) is 57.2 Å². The Kier molecular flexibility index (Phi) is 13.6. The van der Waals surface area contributed by atoms with E-state index >= 15 is 0 Å². The molecule has 0 aliphatic carbocycles. The summed E-state index contributed by atoms with van der Waals surface area (Å²) in [6, 6.07) is 6.90. The standard InChI is InChI=1S/C14H22O4S.C4H10O/c1-2-3-4-5-6-7-10-13-11-8-9-12-14(13)18-19(15,16)17;1-3-5-4-2/h8-9,11-12H,2-7,10H2,1H3,(H,15,16,17);3-4H2,1-2H3. The van der Waals surface area contributed by atoms with Crippen molar-refractivity contribution in [1.29, 1.82) is 0 Å². The van der Waals surface area contributed by atoms with Crippen LogP contribution in [0.5, 0.6) is 5.75 Å². The fourth-order valence-corrected chi connectivity index (χ4v) is 2.59. The third-order valence-electron chi connectivity index (χ3n) is 3.38. The van der Waals surface area contributed by atoms with E-state index in [1.54, 1.807) is 12.1 Å². The molecule has 140 valence electrons. The summed E-state index contributed by atoms with van der Waals surface area (Å²) >= 11 is 0. The summed E-state index contributed by atoms with van der Waals surface area (Å²) in [4.78, 5) is 0. The number of rotatable bonds is 11. The number of aryl methyl sites for hydroxylation is 1. The molecule has 0 saturated heterocycles.